The maximum Gasteiger partial charge on any atom is 0.216 e. The lowest BCUT2D eigenvalue weighted by atomic mass is 10.1. The smallest absolute Gasteiger partial charge is 0.216 e. The summed E-state index contributed by atoms with van der Waals surface area (Å²) in [6.45, 7) is 2.40. The predicted octanol–water partition coefficient (Wildman–Crippen LogP) is 1.18. The summed E-state index contributed by atoms with van der Waals surface area (Å²) in [7, 11) is 1.94. The van der Waals surface area contributed by atoms with E-state index >= 15 is 0 Å². The van der Waals surface area contributed by atoms with Crippen molar-refractivity contribution < 1.29 is 4.74 Å². The van der Waals surface area contributed by atoms with Gasteiger partial charge in [-0.3, -0.25) is 0 Å². The van der Waals surface area contributed by atoms with E-state index in [4.69, 9.17) is 4.74 Å². The highest BCUT2D eigenvalue weighted by Crippen LogP contribution is 2.09. The first-order valence-electron chi connectivity index (χ1n) is 4.81. The van der Waals surface area contributed by atoms with Gasteiger partial charge in [0.25, 0.3) is 0 Å². The van der Waals surface area contributed by atoms with Crippen molar-refractivity contribution in [3.63, 3.8) is 0 Å². The first kappa shape index (κ1) is 9.21. The van der Waals surface area contributed by atoms with Crippen LogP contribution in [0.2, 0.25) is 0 Å². The Morgan fingerprint density at radius 1 is 1.36 bits per heavy atom. The molecule has 0 aliphatic carbocycles. The molecule has 0 unspecified atom stereocenters. The molecular formula is C11H14N2O. The van der Waals surface area contributed by atoms with Crippen LogP contribution in [0.4, 0.5) is 0 Å². The molecule has 1 aliphatic heterocycles. The third-order valence-corrected chi connectivity index (χ3v) is 2.17. The van der Waals surface area contributed by atoms with Gasteiger partial charge in [-0.1, -0.05) is 12.1 Å². The first-order chi connectivity index (χ1) is 6.90. The zero-order valence-electron chi connectivity index (χ0n) is 8.29. The van der Waals surface area contributed by atoms with E-state index in [-0.39, 0.29) is 0 Å². The summed E-state index contributed by atoms with van der Waals surface area (Å²) >= 11 is 0. The average molecular weight is 190 g/mol. The largest absolute Gasteiger partial charge is 0.476 e. The minimum Gasteiger partial charge on any atom is -0.476 e. The highest BCUT2D eigenvalue weighted by atomic mass is 16.5. The lowest BCUT2D eigenvalue weighted by molar-refractivity contribution is 0.348. The van der Waals surface area contributed by atoms with Gasteiger partial charge in [-0.05, 0) is 24.7 Å². The molecule has 1 aromatic rings. The monoisotopic (exact) mass is 190 g/mol. The Bertz CT molecular complexity index is 330. The molecule has 3 heteroatoms. The van der Waals surface area contributed by atoms with Gasteiger partial charge >= 0.3 is 0 Å². The normalized spacial score (nSPS) is 15.1. The minimum absolute atomic E-state index is 0.716. The van der Waals surface area contributed by atoms with Crippen LogP contribution in [0.25, 0.3) is 0 Å². The van der Waals surface area contributed by atoms with Gasteiger partial charge in [-0.2, -0.15) is 0 Å². The van der Waals surface area contributed by atoms with Gasteiger partial charge in [0.2, 0.25) is 5.90 Å². The van der Waals surface area contributed by atoms with Crippen LogP contribution in [0.3, 0.4) is 0 Å². The molecule has 1 heterocycles. The van der Waals surface area contributed by atoms with E-state index in [9.17, 15) is 0 Å². The standard InChI is InChI=1S/C11H14N2O/c1-12-8-9-2-4-10(5-3-9)11-13-6-7-14-11/h2-5,12H,6-8H2,1H3. The number of rotatable bonds is 3. The molecule has 0 bridgehead atoms. The van der Waals surface area contributed by atoms with Gasteiger partial charge in [-0.15, -0.1) is 0 Å². The lowest BCUT2D eigenvalue weighted by Crippen LogP contribution is -2.06. The molecule has 0 saturated heterocycles. The van der Waals surface area contributed by atoms with Crippen LogP contribution >= 0.6 is 0 Å². The van der Waals surface area contributed by atoms with Gasteiger partial charge in [-0.25, -0.2) is 4.99 Å². The molecule has 1 aliphatic rings. The van der Waals surface area contributed by atoms with Crippen molar-refractivity contribution in [1.82, 2.24) is 5.32 Å². The Kier molecular flexibility index (Phi) is 2.79. The molecule has 0 radical (unpaired) electrons. The molecule has 1 N–H and O–H groups in total. The fraction of sp³-hybridized carbons (Fsp3) is 0.364. The molecule has 0 atom stereocenters. The van der Waals surface area contributed by atoms with E-state index in [2.05, 4.69) is 34.6 Å². The number of hydrogen-bond acceptors (Lipinski definition) is 3. The predicted molar refractivity (Wildman–Crippen MR) is 56.6 cm³/mol. The second-order valence-electron chi connectivity index (χ2n) is 3.26. The van der Waals surface area contributed by atoms with E-state index < -0.39 is 0 Å². The summed E-state index contributed by atoms with van der Waals surface area (Å²) < 4.78 is 5.37. The van der Waals surface area contributed by atoms with Crippen molar-refractivity contribution in [2.45, 2.75) is 6.54 Å². The summed E-state index contributed by atoms with van der Waals surface area (Å²) in [6, 6.07) is 8.29. The number of nitrogens with one attached hydrogen (secondary N) is 1. The molecule has 0 aromatic heterocycles. The third kappa shape index (κ3) is 1.93. The van der Waals surface area contributed by atoms with Crippen LogP contribution in [0.5, 0.6) is 0 Å². The van der Waals surface area contributed by atoms with Crippen LogP contribution < -0.4 is 5.32 Å². The van der Waals surface area contributed by atoms with E-state index in [1.807, 2.05) is 7.05 Å². The number of benzene rings is 1. The molecule has 0 spiro atoms. The molecule has 3 nitrogen and oxygen atoms in total. The van der Waals surface area contributed by atoms with Gasteiger partial charge < -0.3 is 10.1 Å². The van der Waals surface area contributed by atoms with E-state index in [0.29, 0.717) is 6.61 Å². The van der Waals surface area contributed by atoms with Crippen LogP contribution in [-0.2, 0) is 11.3 Å². The van der Waals surface area contributed by atoms with E-state index in [0.717, 1.165) is 24.6 Å². The van der Waals surface area contributed by atoms with Crippen molar-refractivity contribution >= 4 is 5.90 Å². The third-order valence-electron chi connectivity index (χ3n) is 2.17. The highest BCUT2D eigenvalue weighted by Gasteiger charge is 2.09. The van der Waals surface area contributed by atoms with Crippen molar-refractivity contribution in [2.75, 3.05) is 20.2 Å². The van der Waals surface area contributed by atoms with Crippen LogP contribution in [0.15, 0.2) is 29.3 Å². The molecular weight excluding hydrogens is 176 g/mol. The Morgan fingerprint density at radius 3 is 2.71 bits per heavy atom. The highest BCUT2D eigenvalue weighted by molar-refractivity contribution is 5.94. The van der Waals surface area contributed by atoms with Crippen molar-refractivity contribution in [2.24, 2.45) is 4.99 Å². The second-order valence-corrected chi connectivity index (χ2v) is 3.26. The number of ether oxygens (including phenoxy) is 1. The Balaban J connectivity index is 2.13. The summed E-state index contributed by atoms with van der Waals surface area (Å²) in [5.74, 6) is 0.779. The summed E-state index contributed by atoms with van der Waals surface area (Å²) in [6.07, 6.45) is 0. The van der Waals surface area contributed by atoms with Crippen LogP contribution in [-0.4, -0.2) is 26.1 Å². The summed E-state index contributed by atoms with van der Waals surface area (Å²) in [5, 5.41) is 3.11. The van der Waals surface area contributed by atoms with E-state index in [1.54, 1.807) is 0 Å². The first-order valence-corrected chi connectivity index (χ1v) is 4.81. The SMILES string of the molecule is CNCc1ccc(C2=NCCO2)cc1. The van der Waals surface area contributed by atoms with Crippen LogP contribution in [0.1, 0.15) is 11.1 Å². The number of nitrogens with zero attached hydrogens (tertiary/aromatic N) is 1. The molecule has 2 rings (SSSR count). The van der Waals surface area contributed by atoms with Gasteiger partial charge in [0.1, 0.15) is 6.61 Å². The van der Waals surface area contributed by atoms with Gasteiger partial charge in [0.05, 0.1) is 6.54 Å². The van der Waals surface area contributed by atoms with Gasteiger partial charge in [0.15, 0.2) is 0 Å². The zero-order chi connectivity index (χ0) is 9.80. The molecule has 74 valence electrons. The van der Waals surface area contributed by atoms with Crippen LogP contribution in [0, 0.1) is 0 Å². The fourth-order valence-electron chi connectivity index (χ4n) is 1.48. The maximum absolute atomic E-state index is 5.37. The second kappa shape index (κ2) is 4.24. The Morgan fingerprint density at radius 2 is 2.14 bits per heavy atom. The summed E-state index contributed by atoms with van der Waals surface area (Å²) in [5.41, 5.74) is 2.34. The lowest BCUT2D eigenvalue weighted by Gasteiger charge is -2.03. The Hall–Kier alpha value is -1.35. The van der Waals surface area contributed by atoms with Crippen molar-refractivity contribution in [1.29, 1.82) is 0 Å². The summed E-state index contributed by atoms with van der Waals surface area (Å²) in [4.78, 5) is 4.26. The number of hydrogen-bond donors (Lipinski definition) is 1. The molecule has 14 heavy (non-hydrogen) atoms. The molecule has 0 fully saturated rings. The molecule has 0 amide bonds. The van der Waals surface area contributed by atoms with Crippen molar-refractivity contribution in [3.8, 4) is 0 Å². The number of aliphatic imine (C=N–C) groups is 1. The van der Waals surface area contributed by atoms with E-state index in [1.165, 1.54) is 5.56 Å². The van der Waals surface area contributed by atoms with Gasteiger partial charge in [0, 0.05) is 12.1 Å². The maximum atomic E-state index is 5.37. The molecule has 1 aromatic carbocycles. The average Bonchev–Trinajstić information content (AvgIpc) is 2.72. The Labute approximate surface area is 83.8 Å². The fourth-order valence-corrected chi connectivity index (χ4v) is 1.48. The minimum atomic E-state index is 0.716. The zero-order valence-corrected chi connectivity index (χ0v) is 8.29. The topological polar surface area (TPSA) is 33.6 Å². The quantitative estimate of drug-likeness (QED) is 0.776. The van der Waals surface area contributed by atoms with Crippen molar-refractivity contribution in [3.05, 3.63) is 35.4 Å². The molecule has 0 saturated carbocycles.